The van der Waals surface area contributed by atoms with Gasteiger partial charge in [0, 0.05) is 39.1 Å². The van der Waals surface area contributed by atoms with Crippen molar-refractivity contribution < 1.29 is 45.7 Å². The number of amides is 1. The van der Waals surface area contributed by atoms with E-state index in [4.69, 9.17) is 14.2 Å². The van der Waals surface area contributed by atoms with E-state index < -0.39 is 0 Å². The second kappa shape index (κ2) is 19.2. The molecule has 1 atom stereocenters. The third-order valence-electron chi connectivity index (χ3n) is 7.76. The molecule has 0 spiro atoms. The Kier molecular flexibility index (Phi) is 16.6. The molecule has 1 amide bonds. The van der Waals surface area contributed by atoms with Gasteiger partial charge in [0.2, 0.25) is 5.91 Å². The molecule has 11 nitrogen and oxygen atoms in total. The van der Waals surface area contributed by atoms with E-state index in [0.29, 0.717) is 42.3 Å². The first-order chi connectivity index (χ1) is 21.1. The number of ketones is 1. The minimum Gasteiger partial charge on any atom is -0.493 e. The summed E-state index contributed by atoms with van der Waals surface area (Å²) in [6.07, 6.45) is 11.8. The molecule has 1 aromatic heterocycles. The van der Waals surface area contributed by atoms with Gasteiger partial charge in [-0.05, 0) is 86.4 Å². The maximum atomic E-state index is 14.1. The summed E-state index contributed by atoms with van der Waals surface area (Å²) in [5, 5.41) is 3.86. The van der Waals surface area contributed by atoms with Crippen LogP contribution >= 0.6 is 11.3 Å². The zero-order valence-corrected chi connectivity index (χ0v) is 27.2. The summed E-state index contributed by atoms with van der Waals surface area (Å²) in [6.45, 7) is 4.16. The first-order valence-electron chi connectivity index (χ1n) is 14.5. The summed E-state index contributed by atoms with van der Waals surface area (Å²) in [6, 6.07) is 21.3. The van der Waals surface area contributed by atoms with Gasteiger partial charge in [0.1, 0.15) is 19.0 Å². The van der Waals surface area contributed by atoms with Gasteiger partial charge in [-0.1, -0.05) is 18.2 Å². The Morgan fingerprint density at radius 2 is 1.64 bits per heavy atom. The van der Waals surface area contributed by atoms with Crippen molar-refractivity contribution in [3.05, 3.63) is 77.9 Å². The van der Waals surface area contributed by atoms with Gasteiger partial charge in [-0.25, -0.2) is 0 Å². The normalized spacial score (nSPS) is 15.0. The number of benzene rings is 3. The SMILES string of the molecule is C#C.COc1cc(C(=O)c2c(-c3ccc(OCC4CCC(=O)N4)cc3)sc3ccccc23)ccc1OCCN1CCCC1.O.O.O.O. The van der Waals surface area contributed by atoms with Gasteiger partial charge in [-0.15, -0.1) is 24.2 Å². The predicted octanol–water partition coefficient (Wildman–Crippen LogP) is 2.89. The number of carbonyl (C=O) groups excluding carboxylic acids is 2. The van der Waals surface area contributed by atoms with Gasteiger partial charge in [-0.2, -0.15) is 0 Å². The lowest BCUT2D eigenvalue weighted by molar-refractivity contribution is -0.119. The zero-order valence-electron chi connectivity index (χ0n) is 26.3. The number of hydrogen-bond donors (Lipinski definition) is 1. The first kappa shape index (κ1) is 40.5. The first-order valence-corrected chi connectivity index (χ1v) is 15.4. The minimum atomic E-state index is -0.0586. The van der Waals surface area contributed by atoms with E-state index in [2.05, 4.69) is 23.1 Å². The molecular formula is C35H44N2O9S. The number of methoxy groups -OCH3 is 1. The molecule has 254 valence electrons. The Hall–Kier alpha value is -4.48. The number of ether oxygens (including phenoxy) is 3. The standard InChI is InChI=1S/C33H34N2O5S.C2H2.4H2O/c1-38-28-20-23(10-14-27(28)39-19-18-35-16-4-5-17-35)32(37)31-26-6-2-3-7-29(26)41-33(31)22-8-12-25(13-9-22)40-21-24-11-15-30(36)34-24;1-2;;;;/h2-3,6-10,12-14,20,24H,4-5,11,15-19,21H2,1H3,(H,34,36);1-2H;4*1H2. The molecule has 0 aliphatic carbocycles. The second-order valence-electron chi connectivity index (χ2n) is 10.5. The summed E-state index contributed by atoms with van der Waals surface area (Å²) in [5.74, 6) is 1.95. The van der Waals surface area contributed by atoms with Crippen LogP contribution in [0.2, 0.25) is 0 Å². The van der Waals surface area contributed by atoms with Gasteiger partial charge in [0.15, 0.2) is 17.3 Å². The molecule has 0 radical (unpaired) electrons. The molecule has 2 aliphatic heterocycles. The van der Waals surface area contributed by atoms with Gasteiger partial charge in [0.05, 0.1) is 13.2 Å². The van der Waals surface area contributed by atoms with E-state index in [1.54, 1.807) is 24.5 Å². The van der Waals surface area contributed by atoms with Crippen LogP contribution in [-0.2, 0) is 4.79 Å². The molecule has 1 unspecified atom stereocenters. The van der Waals surface area contributed by atoms with E-state index >= 15 is 0 Å². The number of hydrogen-bond acceptors (Lipinski definition) is 7. The largest absolute Gasteiger partial charge is 0.493 e. The molecule has 4 aromatic rings. The molecule has 0 saturated carbocycles. The van der Waals surface area contributed by atoms with Crippen LogP contribution in [0.25, 0.3) is 20.5 Å². The predicted molar refractivity (Wildman–Crippen MR) is 186 cm³/mol. The van der Waals surface area contributed by atoms with E-state index in [1.165, 1.54) is 12.8 Å². The van der Waals surface area contributed by atoms with Crippen LogP contribution in [0.4, 0.5) is 0 Å². The van der Waals surface area contributed by atoms with Crippen LogP contribution in [0.15, 0.2) is 66.7 Å². The molecule has 2 aliphatic rings. The Labute approximate surface area is 278 Å². The Bertz CT molecular complexity index is 1600. The highest BCUT2D eigenvalue weighted by atomic mass is 32.1. The number of nitrogens with one attached hydrogen (secondary N) is 1. The summed E-state index contributed by atoms with van der Waals surface area (Å²) in [5.41, 5.74) is 2.18. The minimum absolute atomic E-state index is 0. The average molecular weight is 669 g/mol. The smallest absolute Gasteiger partial charge is 0.220 e. The van der Waals surface area contributed by atoms with Crippen molar-refractivity contribution >= 4 is 33.1 Å². The van der Waals surface area contributed by atoms with Crippen molar-refractivity contribution in [3.8, 4) is 40.5 Å². The van der Waals surface area contributed by atoms with E-state index in [-0.39, 0.29) is 39.6 Å². The fourth-order valence-electron chi connectivity index (χ4n) is 5.54. The molecular weight excluding hydrogens is 624 g/mol. The molecule has 0 bridgehead atoms. The summed E-state index contributed by atoms with van der Waals surface area (Å²) < 4.78 is 18.6. The molecule has 6 rings (SSSR count). The van der Waals surface area contributed by atoms with Crippen LogP contribution in [0, 0.1) is 12.8 Å². The summed E-state index contributed by atoms with van der Waals surface area (Å²) in [4.78, 5) is 28.8. The van der Waals surface area contributed by atoms with Crippen molar-refractivity contribution in [2.75, 3.05) is 40.0 Å². The number of rotatable bonds is 11. The van der Waals surface area contributed by atoms with Gasteiger partial charge in [-0.3, -0.25) is 14.5 Å². The number of nitrogens with zero attached hydrogens (tertiary/aromatic N) is 1. The number of terminal acetylenes is 1. The quantitative estimate of drug-likeness (QED) is 0.188. The third kappa shape index (κ3) is 9.52. The van der Waals surface area contributed by atoms with Crippen LogP contribution in [0.1, 0.15) is 41.6 Å². The van der Waals surface area contributed by atoms with Crippen molar-refractivity contribution in [1.82, 2.24) is 10.2 Å². The highest BCUT2D eigenvalue weighted by Gasteiger charge is 2.24. The Morgan fingerprint density at radius 1 is 0.936 bits per heavy atom. The van der Waals surface area contributed by atoms with E-state index in [9.17, 15) is 9.59 Å². The van der Waals surface area contributed by atoms with E-state index in [1.807, 2.05) is 60.7 Å². The van der Waals surface area contributed by atoms with Crippen molar-refractivity contribution in [2.24, 2.45) is 0 Å². The molecule has 47 heavy (non-hydrogen) atoms. The lowest BCUT2D eigenvalue weighted by atomic mass is 9.97. The maximum Gasteiger partial charge on any atom is 0.220 e. The fraction of sp³-hybridized carbons (Fsp3) is 0.314. The lowest BCUT2D eigenvalue weighted by Gasteiger charge is -2.16. The van der Waals surface area contributed by atoms with Crippen LogP contribution < -0.4 is 19.5 Å². The van der Waals surface area contributed by atoms with Gasteiger partial charge in [0.25, 0.3) is 0 Å². The molecule has 2 fully saturated rings. The topological polar surface area (TPSA) is 203 Å². The molecule has 9 N–H and O–H groups in total. The maximum absolute atomic E-state index is 14.1. The number of likely N-dealkylation sites (tertiary alicyclic amines) is 1. The molecule has 3 heterocycles. The zero-order chi connectivity index (χ0) is 30.2. The van der Waals surface area contributed by atoms with Gasteiger partial charge >= 0.3 is 0 Å². The van der Waals surface area contributed by atoms with Crippen LogP contribution in [0.3, 0.4) is 0 Å². The highest BCUT2D eigenvalue weighted by molar-refractivity contribution is 7.22. The van der Waals surface area contributed by atoms with Crippen molar-refractivity contribution in [2.45, 2.75) is 31.7 Å². The lowest BCUT2D eigenvalue weighted by Crippen LogP contribution is -2.30. The third-order valence-corrected chi connectivity index (χ3v) is 8.98. The van der Waals surface area contributed by atoms with Crippen molar-refractivity contribution in [3.63, 3.8) is 0 Å². The summed E-state index contributed by atoms with van der Waals surface area (Å²) >= 11 is 1.61. The average Bonchev–Trinajstić information content (AvgIpc) is 3.81. The summed E-state index contributed by atoms with van der Waals surface area (Å²) in [7, 11) is 1.60. The molecule has 3 aromatic carbocycles. The number of carbonyl (C=O) groups is 2. The Balaban J connectivity index is 0.00000181. The molecule has 2 saturated heterocycles. The second-order valence-corrected chi connectivity index (χ2v) is 11.6. The highest BCUT2D eigenvalue weighted by Crippen LogP contribution is 2.41. The Morgan fingerprint density at radius 3 is 2.30 bits per heavy atom. The fourth-order valence-corrected chi connectivity index (χ4v) is 6.74. The number of thiophene rings is 1. The molecule has 12 heteroatoms. The monoisotopic (exact) mass is 668 g/mol. The van der Waals surface area contributed by atoms with Crippen molar-refractivity contribution in [1.29, 1.82) is 0 Å². The van der Waals surface area contributed by atoms with E-state index in [0.717, 1.165) is 52.3 Å². The number of fused-ring (bicyclic) bond motifs is 1. The van der Waals surface area contributed by atoms with Gasteiger partial charge < -0.3 is 41.4 Å². The van der Waals surface area contributed by atoms with Crippen LogP contribution in [0.5, 0.6) is 17.2 Å². The van der Waals surface area contributed by atoms with Crippen LogP contribution in [-0.4, -0.2) is 84.5 Å².